The van der Waals surface area contributed by atoms with Crippen molar-refractivity contribution in [2.45, 2.75) is 24.3 Å². The summed E-state index contributed by atoms with van der Waals surface area (Å²) in [7, 11) is -1.68. The van der Waals surface area contributed by atoms with Gasteiger partial charge in [-0.1, -0.05) is 6.92 Å². The topological polar surface area (TPSA) is 67.2 Å². The number of rotatable bonds is 5. The van der Waals surface area contributed by atoms with E-state index in [1.54, 1.807) is 17.5 Å². The van der Waals surface area contributed by atoms with Gasteiger partial charge in [-0.2, -0.15) is 9.40 Å². The van der Waals surface area contributed by atoms with Gasteiger partial charge in [-0.3, -0.25) is 4.68 Å². The van der Waals surface area contributed by atoms with E-state index in [1.165, 1.54) is 10.9 Å². The number of aromatic nitrogens is 2. The fourth-order valence-electron chi connectivity index (χ4n) is 1.86. The minimum Gasteiger partial charge on any atom is -0.313 e. The number of hydrogen-bond acceptors (Lipinski definition) is 4. The van der Waals surface area contributed by atoms with Gasteiger partial charge in [0, 0.05) is 32.9 Å². The Hall–Kier alpha value is -0.920. The first-order valence-electron chi connectivity index (χ1n) is 5.77. The molecule has 0 radical (unpaired) electrons. The molecule has 1 N–H and O–H groups in total. The molecule has 0 aromatic carbocycles. The van der Waals surface area contributed by atoms with Gasteiger partial charge >= 0.3 is 0 Å². The van der Waals surface area contributed by atoms with Crippen molar-refractivity contribution < 1.29 is 8.42 Å². The predicted molar refractivity (Wildman–Crippen MR) is 64.0 cm³/mol. The van der Waals surface area contributed by atoms with Gasteiger partial charge in [0.1, 0.15) is 4.90 Å². The summed E-state index contributed by atoms with van der Waals surface area (Å²) in [5.41, 5.74) is 0. The summed E-state index contributed by atoms with van der Waals surface area (Å²) in [6, 6.07) is 0.0835. The van der Waals surface area contributed by atoms with Crippen molar-refractivity contribution >= 4 is 10.0 Å². The number of sulfonamides is 1. The number of aryl methyl sites for hydroxylation is 1. The van der Waals surface area contributed by atoms with E-state index < -0.39 is 10.0 Å². The molecule has 0 saturated carbocycles. The molecule has 0 atom stereocenters. The zero-order valence-electron chi connectivity index (χ0n) is 10.1. The van der Waals surface area contributed by atoms with E-state index in [2.05, 4.69) is 10.4 Å². The van der Waals surface area contributed by atoms with E-state index in [0.29, 0.717) is 6.54 Å². The fraction of sp³-hybridized carbons (Fsp3) is 0.700. The predicted octanol–water partition coefficient (Wildman–Crippen LogP) is -0.207. The first-order valence-corrected chi connectivity index (χ1v) is 7.21. The Kier molecular flexibility index (Phi) is 3.50. The lowest BCUT2D eigenvalue weighted by Crippen LogP contribution is -2.58. The van der Waals surface area contributed by atoms with E-state index >= 15 is 0 Å². The monoisotopic (exact) mass is 258 g/mol. The Labute approximate surface area is 102 Å². The second-order valence-corrected chi connectivity index (χ2v) is 6.17. The van der Waals surface area contributed by atoms with Crippen LogP contribution in [0, 0.1) is 0 Å². The second-order valence-electron chi connectivity index (χ2n) is 4.28. The van der Waals surface area contributed by atoms with Crippen molar-refractivity contribution in [3.63, 3.8) is 0 Å². The molecule has 0 amide bonds. The van der Waals surface area contributed by atoms with Gasteiger partial charge in [-0.05, 0) is 6.42 Å². The Bertz CT molecular complexity index is 478. The molecule has 0 spiro atoms. The van der Waals surface area contributed by atoms with Gasteiger partial charge in [0.05, 0.1) is 12.2 Å². The molecule has 1 aliphatic rings. The maximum atomic E-state index is 12.4. The summed E-state index contributed by atoms with van der Waals surface area (Å²) in [5.74, 6) is 0. The molecule has 2 heterocycles. The van der Waals surface area contributed by atoms with Crippen LogP contribution in [0.3, 0.4) is 0 Å². The zero-order valence-corrected chi connectivity index (χ0v) is 10.9. The summed E-state index contributed by atoms with van der Waals surface area (Å²) >= 11 is 0. The van der Waals surface area contributed by atoms with E-state index in [4.69, 9.17) is 0 Å². The van der Waals surface area contributed by atoms with Crippen LogP contribution in [-0.2, 0) is 17.1 Å². The SMILES string of the molecule is CCCN(C1CNC1)S(=O)(=O)c1cnn(C)c1. The summed E-state index contributed by atoms with van der Waals surface area (Å²) in [6.07, 6.45) is 3.77. The summed E-state index contributed by atoms with van der Waals surface area (Å²) in [5, 5.41) is 7.03. The van der Waals surface area contributed by atoms with Crippen LogP contribution in [0.4, 0.5) is 0 Å². The second kappa shape index (κ2) is 4.75. The molecule has 2 rings (SSSR count). The molecule has 7 heteroatoms. The minimum atomic E-state index is -3.39. The quantitative estimate of drug-likeness (QED) is 0.794. The summed E-state index contributed by atoms with van der Waals surface area (Å²) < 4.78 is 27.9. The van der Waals surface area contributed by atoms with E-state index in [0.717, 1.165) is 19.5 Å². The summed E-state index contributed by atoms with van der Waals surface area (Å²) in [4.78, 5) is 0.278. The molecule has 1 saturated heterocycles. The summed E-state index contributed by atoms with van der Waals surface area (Å²) in [6.45, 7) is 4.01. The molecule has 96 valence electrons. The van der Waals surface area contributed by atoms with Crippen molar-refractivity contribution in [2.75, 3.05) is 19.6 Å². The lowest BCUT2D eigenvalue weighted by Gasteiger charge is -2.36. The third-order valence-electron chi connectivity index (χ3n) is 2.90. The fourth-order valence-corrected chi connectivity index (χ4v) is 3.57. The molecular weight excluding hydrogens is 240 g/mol. The largest absolute Gasteiger partial charge is 0.313 e. The molecular formula is C10H18N4O2S. The average molecular weight is 258 g/mol. The van der Waals surface area contributed by atoms with Crippen molar-refractivity contribution in [3.05, 3.63) is 12.4 Å². The van der Waals surface area contributed by atoms with Gasteiger partial charge in [-0.15, -0.1) is 0 Å². The third kappa shape index (κ3) is 2.36. The van der Waals surface area contributed by atoms with Crippen LogP contribution in [0.1, 0.15) is 13.3 Å². The highest BCUT2D eigenvalue weighted by atomic mass is 32.2. The van der Waals surface area contributed by atoms with Gasteiger partial charge in [0.2, 0.25) is 10.0 Å². The molecule has 17 heavy (non-hydrogen) atoms. The van der Waals surface area contributed by atoms with Crippen LogP contribution in [-0.4, -0.2) is 48.2 Å². The van der Waals surface area contributed by atoms with Crippen LogP contribution in [0.5, 0.6) is 0 Å². The molecule has 0 aliphatic carbocycles. The smallest absolute Gasteiger partial charge is 0.246 e. The Morgan fingerprint density at radius 1 is 1.59 bits per heavy atom. The molecule has 6 nitrogen and oxygen atoms in total. The van der Waals surface area contributed by atoms with E-state index in [9.17, 15) is 8.42 Å². The van der Waals surface area contributed by atoms with Gasteiger partial charge < -0.3 is 5.32 Å². The van der Waals surface area contributed by atoms with Crippen molar-refractivity contribution in [1.29, 1.82) is 0 Å². The number of nitrogens with zero attached hydrogens (tertiary/aromatic N) is 3. The minimum absolute atomic E-state index is 0.0835. The highest BCUT2D eigenvalue weighted by Crippen LogP contribution is 2.19. The molecule has 0 bridgehead atoms. The molecule has 1 aliphatic heterocycles. The highest BCUT2D eigenvalue weighted by molar-refractivity contribution is 7.89. The average Bonchev–Trinajstić information content (AvgIpc) is 2.62. The standard InChI is InChI=1S/C10H18N4O2S/c1-3-4-14(9-5-11-6-9)17(15,16)10-7-12-13(2)8-10/h7-9,11H,3-6H2,1-2H3. The molecule has 1 aromatic heterocycles. The lowest BCUT2D eigenvalue weighted by atomic mass is 10.2. The molecule has 1 aromatic rings. The van der Waals surface area contributed by atoms with Gasteiger partial charge in [0.15, 0.2) is 0 Å². The van der Waals surface area contributed by atoms with E-state index in [1.807, 2.05) is 6.92 Å². The van der Waals surface area contributed by atoms with Crippen molar-refractivity contribution in [3.8, 4) is 0 Å². The first-order chi connectivity index (χ1) is 8.05. The maximum Gasteiger partial charge on any atom is 0.246 e. The van der Waals surface area contributed by atoms with Gasteiger partial charge in [0.25, 0.3) is 0 Å². The molecule has 0 unspecified atom stereocenters. The Morgan fingerprint density at radius 2 is 2.29 bits per heavy atom. The Balaban J connectivity index is 2.27. The van der Waals surface area contributed by atoms with Crippen LogP contribution in [0.25, 0.3) is 0 Å². The highest BCUT2D eigenvalue weighted by Gasteiger charge is 2.34. The van der Waals surface area contributed by atoms with Crippen molar-refractivity contribution in [2.24, 2.45) is 7.05 Å². The van der Waals surface area contributed by atoms with Crippen LogP contribution in [0.2, 0.25) is 0 Å². The van der Waals surface area contributed by atoms with Crippen LogP contribution < -0.4 is 5.32 Å². The van der Waals surface area contributed by atoms with Crippen LogP contribution >= 0.6 is 0 Å². The normalized spacial score (nSPS) is 17.4. The first kappa shape index (κ1) is 12.5. The zero-order chi connectivity index (χ0) is 12.5. The van der Waals surface area contributed by atoms with E-state index in [-0.39, 0.29) is 10.9 Å². The molecule has 1 fully saturated rings. The van der Waals surface area contributed by atoms with Gasteiger partial charge in [-0.25, -0.2) is 8.42 Å². The van der Waals surface area contributed by atoms with Crippen molar-refractivity contribution in [1.82, 2.24) is 19.4 Å². The number of nitrogens with one attached hydrogen (secondary N) is 1. The number of hydrogen-bond donors (Lipinski definition) is 1. The Morgan fingerprint density at radius 3 is 2.71 bits per heavy atom. The third-order valence-corrected chi connectivity index (χ3v) is 4.80. The maximum absolute atomic E-state index is 12.4. The lowest BCUT2D eigenvalue weighted by molar-refractivity contribution is 0.242. The van der Waals surface area contributed by atoms with Crippen LogP contribution in [0.15, 0.2) is 17.3 Å².